The summed E-state index contributed by atoms with van der Waals surface area (Å²) in [4.78, 5) is 24.9. The molecule has 2 atom stereocenters. The highest BCUT2D eigenvalue weighted by atomic mass is 79.9. The maximum atomic E-state index is 12.3. The van der Waals surface area contributed by atoms with Crippen LogP contribution in [0.5, 0.6) is 0 Å². The average molecular weight is 312 g/mol. The minimum absolute atomic E-state index is 0.00561. The molecule has 18 heavy (non-hydrogen) atoms. The van der Waals surface area contributed by atoms with Gasteiger partial charge in [-0.1, -0.05) is 19.1 Å². The zero-order valence-electron chi connectivity index (χ0n) is 9.97. The Morgan fingerprint density at radius 1 is 1.33 bits per heavy atom. The molecule has 1 amide bonds. The van der Waals surface area contributed by atoms with Crippen LogP contribution in [0.2, 0.25) is 0 Å². The van der Waals surface area contributed by atoms with E-state index in [9.17, 15) is 9.59 Å². The zero-order chi connectivity index (χ0) is 13.3. The van der Waals surface area contributed by atoms with Crippen molar-refractivity contribution in [2.75, 3.05) is 13.1 Å². The van der Waals surface area contributed by atoms with E-state index >= 15 is 0 Å². The Morgan fingerprint density at radius 2 is 2.00 bits per heavy atom. The highest BCUT2D eigenvalue weighted by molar-refractivity contribution is 9.10. The summed E-state index contributed by atoms with van der Waals surface area (Å²) in [6, 6.07) is 7.19. The van der Waals surface area contributed by atoms with Crippen molar-refractivity contribution >= 4 is 27.8 Å². The van der Waals surface area contributed by atoms with Crippen molar-refractivity contribution in [2.45, 2.75) is 6.92 Å². The number of hydrogen-bond donors (Lipinski definition) is 1. The molecule has 0 bridgehead atoms. The maximum Gasteiger partial charge on any atom is 0.308 e. The maximum absolute atomic E-state index is 12.3. The summed E-state index contributed by atoms with van der Waals surface area (Å²) in [5, 5.41) is 9.06. The van der Waals surface area contributed by atoms with Gasteiger partial charge in [-0.2, -0.15) is 0 Å². The fourth-order valence-corrected chi connectivity index (χ4v) is 2.71. The molecule has 0 aromatic heterocycles. The van der Waals surface area contributed by atoms with Gasteiger partial charge in [-0.25, -0.2) is 0 Å². The monoisotopic (exact) mass is 311 g/mol. The molecule has 96 valence electrons. The molecule has 1 saturated heterocycles. The first-order valence-electron chi connectivity index (χ1n) is 5.77. The zero-order valence-corrected chi connectivity index (χ0v) is 11.6. The molecular formula is C13H14BrNO3. The lowest BCUT2D eigenvalue weighted by atomic mass is 9.99. The normalized spacial score (nSPS) is 23.1. The Bertz CT molecular complexity index is 489. The number of rotatable bonds is 2. The second kappa shape index (κ2) is 5.10. The van der Waals surface area contributed by atoms with Crippen LogP contribution in [-0.2, 0) is 4.79 Å². The third-order valence-electron chi connectivity index (χ3n) is 3.32. The topological polar surface area (TPSA) is 57.6 Å². The number of nitrogens with zero attached hydrogens (tertiary/aromatic N) is 1. The van der Waals surface area contributed by atoms with E-state index in [1.807, 2.05) is 13.0 Å². The predicted molar refractivity (Wildman–Crippen MR) is 70.3 cm³/mol. The average Bonchev–Trinajstić information content (AvgIpc) is 2.71. The quantitative estimate of drug-likeness (QED) is 0.911. The molecule has 0 unspecified atom stereocenters. The predicted octanol–water partition coefficient (Wildman–Crippen LogP) is 2.24. The molecule has 0 spiro atoms. The van der Waals surface area contributed by atoms with E-state index < -0.39 is 11.9 Å². The molecule has 0 aliphatic carbocycles. The summed E-state index contributed by atoms with van der Waals surface area (Å²) < 4.78 is 0.737. The minimum atomic E-state index is -0.829. The van der Waals surface area contributed by atoms with Crippen LogP contribution >= 0.6 is 15.9 Å². The van der Waals surface area contributed by atoms with Crippen LogP contribution < -0.4 is 0 Å². The third-order valence-corrected chi connectivity index (χ3v) is 4.01. The second-order valence-corrected chi connectivity index (χ2v) is 5.47. The molecule has 1 fully saturated rings. The Kier molecular flexibility index (Phi) is 3.71. The number of amides is 1. The summed E-state index contributed by atoms with van der Waals surface area (Å²) in [5.74, 6) is -1.41. The number of halogens is 1. The molecule has 1 aromatic rings. The van der Waals surface area contributed by atoms with Crippen molar-refractivity contribution in [1.82, 2.24) is 4.90 Å². The number of hydrogen-bond acceptors (Lipinski definition) is 2. The van der Waals surface area contributed by atoms with E-state index in [2.05, 4.69) is 15.9 Å². The Hall–Kier alpha value is -1.36. The van der Waals surface area contributed by atoms with E-state index in [4.69, 9.17) is 5.11 Å². The molecule has 1 aliphatic heterocycles. The number of carboxylic acids is 1. The molecule has 1 aliphatic rings. The molecular weight excluding hydrogens is 298 g/mol. The van der Waals surface area contributed by atoms with Crippen molar-refractivity contribution in [3.05, 3.63) is 34.3 Å². The fourth-order valence-electron chi connectivity index (χ4n) is 2.26. The van der Waals surface area contributed by atoms with Gasteiger partial charge in [0.1, 0.15) is 0 Å². The van der Waals surface area contributed by atoms with Gasteiger partial charge in [0, 0.05) is 17.6 Å². The van der Waals surface area contributed by atoms with Gasteiger partial charge in [0.2, 0.25) is 0 Å². The molecule has 5 heteroatoms. The van der Waals surface area contributed by atoms with Crippen LogP contribution in [0.15, 0.2) is 28.7 Å². The minimum Gasteiger partial charge on any atom is -0.481 e. The number of likely N-dealkylation sites (tertiary alicyclic amines) is 1. The Balaban J connectivity index is 2.17. The van der Waals surface area contributed by atoms with Crippen LogP contribution in [0.4, 0.5) is 0 Å². The van der Waals surface area contributed by atoms with Crippen LogP contribution in [0, 0.1) is 11.8 Å². The van der Waals surface area contributed by atoms with Crippen molar-refractivity contribution < 1.29 is 14.7 Å². The molecule has 1 N–H and O–H groups in total. The molecule has 2 rings (SSSR count). The van der Waals surface area contributed by atoms with Gasteiger partial charge in [-0.15, -0.1) is 0 Å². The van der Waals surface area contributed by atoms with Crippen molar-refractivity contribution in [1.29, 1.82) is 0 Å². The van der Waals surface area contributed by atoms with Gasteiger partial charge in [-0.05, 0) is 34.0 Å². The van der Waals surface area contributed by atoms with Crippen molar-refractivity contribution in [3.8, 4) is 0 Å². The summed E-state index contributed by atoms with van der Waals surface area (Å²) in [6.07, 6.45) is 0. The van der Waals surface area contributed by atoms with Crippen LogP contribution in [-0.4, -0.2) is 35.0 Å². The lowest BCUT2D eigenvalue weighted by Crippen LogP contribution is -2.30. The first kappa shape index (κ1) is 13.1. The smallest absolute Gasteiger partial charge is 0.308 e. The number of benzene rings is 1. The van der Waals surface area contributed by atoms with Crippen LogP contribution in [0.3, 0.4) is 0 Å². The number of aliphatic carboxylic acids is 1. The van der Waals surface area contributed by atoms with E-state index in [1.54, 1.807) is 23.1 Å². The Labute approximate surface area is 114 Å². The molecule has 4 nitrogen and oxygen atoms in total. The summed E-state index contributed by atoms with van der Waals surface area (Å²) in [7, 11) is 0. The molecule has 0 saturated carbocycles. The van der Waals surface area contributed by atoms with E-state index in [0.717, 1.165) is 4.47 Å². The Morgan fingerprint density at radius 3 is 2.56 bits per heavy atom. The van der Waals surface area contributed by atoms with Gasteiger partial charge in [-0.3, -0.25) is 9.59 Å². The SMILES string of the molecule is C[C@@H]1CN(C(=O)c2ccccc2Br)C[C@H]1C(=O)O. The van der Waals surface area contributed by atoms with Gasteiger partial charge < -0.3 is 10.0 Å². The molecule has 1 heterocycles. The lowest BCUT2D eigenvalue weighted by molar-refractivity contribution is -0.142. The third kappa shape index (κ3) is 2.41. The summed E-state index contributed by atoms with van der Waals surface area (Å²) >= 11 is 3.34. The largest absolute Gasteiger partial charge is 0.481 e. The fraction of sp³-hybridized carbons (Fsp3) is 0.385. The number of carboxylic acid groups (broad SMARTS) is 1. The van der Waals surface area contributed by atoms with E-state index in [-0.39, 0.29) is 18.4 Å². The first-order valence-corrected chi connectivity index (χ1v) is 6.56. The van der Waals surface area contributed by atoms with Crippen LogP contribution in [0.25, 0.3) is 0 Å². The van der Waals surface area contributed by atoms with Gasteiger partial charge >= 0.3 is 5.97 Å². The van der Waals surface area contributed by atoms with E-state index in [1.165, 1.54) is 0 Å². The van der Waals surface area contributed by atoms with Crippen LogP contribution in [0.1, 0.15) is 17.3 Å². The summed E-state index contributed by atoms with van der Waals surface area (Å²) in [6.45, 7) is 2.65. The first-order chi connectivity index (χ1) is 8.50. The highest BCUT2D eigenvalue weighted by Crippen LogP contribution is 2.26. The van der Waals surface area contributed by atoms with Gasteiger partial charge in [0.05, 0.1) is 11.5 Å². The van der Waals surface area contributed by atoms with E-state index in [0.29, 0.717) is 12.1 Å². The van der Waals surface area contributed by atoms with Crippen molar-refractivity contribution in [2.24, 2.45) is 11.8 Å². The van der Waals surface area contributed by atoms with Crippen molar-refractivity contribution in [3.63, 3.8) is 0 Å². The lowest BCUT2D eigenvalue weighted by Gasteiger charge is -2.16. The number of carbonyl (C=O) groups is 2. The van der Waals surface area contributed by atoms with Gasteiger partial charge in [0.15, 0.2) is 0 Å². The number of carbonyl (C=O) groups excluding carboxylic acids is 1. The highest BCUT2D eigenvalue weighted by Gasteiger charge is 2.37. The van der Waals surface area contributed by atoms with Gasteiger partial charge in [0.25, 0.3) is 5.91 Å². The molecule has 0 radical (unpaired) electrons. The summed E-state index contributed by atoms with van der Waals surface area (Å²) in [5.41, 5.74) is 0.579. The standard InChI is InChI=1S/C13H14BrNO3/c1-8-6-15(7-10(8)13(17)18)12(16)9-4-2-3-5-11(9)14/h2-5,8,10H,6-7H2,1H3,(H,17,18)/t8-,10-/m1/s1. The molecule has 1 aromatic carbocycles. The second-order valence-electron chi connectivity index (χ2n) is 4.61.